The summed E-state index contributed by atoms with van der Waals surface area (Å²) >= 11 is 0. The van der Waals surface area contributed by atoms with Crippen LogP contribution >= 0.6 is 0 Å². The lowest BCUT2D eigenvalue weighted by atomic mass is 10.0. The molecule has 2 rings (SSSR count). The van der Waals surface area contributed by atoms with Crippen molar-refractivity contribution < 1.29 is 8.42 Å². The van der Waals surface area contributed by atoms with E-state index in [-0.39, 0.29) is 11.8 Å². The standard InChI is InChI=1S/C17H21NO2S/c1-4-21(19,20)16-11-9-15(10-12-16)18-14(3)17-8-6-5-7-13(17)2/h5-12,14,18H,4H2,1-3H3. The van der Waals surface area contributed by atoms with Crippen molar-refractivity contribution in [3.63, 3.8) is 0 Å². The summed E-state index contributed by atoms with van der Waals surface area (Å²) in [6.07, 6.45) is 0. The lowest BCUT2D eigenvalue weighted by Crippen LogP contribution is -2.08. The second-order valence-electron chi connectivity index (χ2n) is 5.15. The van der Waals surface area contributed by atoms with E-state index >= 15 is 0 Å². The first kappa shape index (κ1) is 15.6. The van der Waals surface area contributed by atoms with Gasteiger partial charge in [0.25, 0.3) is 0 Å². The Bertz CT molecular complexity index is 706. The SMILES string of the molecule is CCS(=O)(=O)c1ccc(NC(C)c2ccccc2C)cc1. The fourth-order valence-corrected chi connectivity index (χ4v) is 3.21. The van der Waals surface area contributed by atoms with Gasteiger partial charge in [0.15, 0.2) is 9.84 Å². The van der Waals surface area contributed by atoms with Crippen LogP contribution in [-0.2, 0) is 9.84 Å². The lowest BCUT2D eigenvalue weighted by Gasteiger charge is -2.18. The minimum absolute atomic E-state index is 0.124. The van der Waals surface area contributed by atoms with E-state index in [2.05, 4.69) is 31.3 Å². The summed E-state index contributed by atoms with van der Waals surface area (Å²) in [4.78, 5) is 0.374. The Balaban J connectivity index is 2.16. The fraction of sp³-hybridized carbons (Fsp3) is 0.294. The van der Waals surface area contributed by atoms with E-state index in [9.17, 15) is 8.42 Å². The highest BCUT2D eigenvalue weighted by atomic mass is 32.2. The van der Waals surface area contributed by atoms with Crippen molar-refractivity contribution in [2.75, 3.05) is 11.1 Å². The molecule has 1 unspecified atom stereocenters. The lowest BCUT2D eigenvalue weighted by molar-refractivity contribution is 0.597. The van der Waals surface area contributed by atoms with E-state index in [4.69, 9.17) is 0 Å². The molecule has 1 N–H and O–H groups in total. The van der Waals surface area contributed by atoms with E-state index in [0.29, 0.717) is 4.90 Å². The smallest absolute Gasteiger partial charge is 0.178 e. The minimum atomic E-state index is -3.13. The molecule has 2 aromatic carbocycles. The highest BCUT2D eigenvalue weighted by molar-refractivity contribution is 7.91. The summed E-state index contributed by atoms with van der Waals surface area (Å²) in [5.41, 5.74) is 3.39. The zero-order valence-corrected chi connectivity index (χ0v) is 13.4. The average molecular weight is 303 g/mol. The Morgan fingerprint density at radius 2 is 1.67 bits per heavy atom. The zero-order chi connectivity index (χ0) is 15.5. The molecule has 3 nitrogen and oxygen atoms in total. The molecule has 0 aromatic heterocycles. The van der Waals surface area contributed by atoms with Gasteiger partial charge in [0, 0.05) is 11.7 Å². The van der Waals surface area contributed by atoms with Crippen molar-refractivity contribution in [2.45, 2.75) is 31.7 Å². The molecule has 0 aliphatic heterocycles. The third-order valence-electron chi connectivity index (χ3n) is 3.63. The predicted octanol–water partition coefficient (Wildman–Crippen LogP) is 3.96. The molecule has 112 valence electrons. The van der Waals surface area contributed by atoms with Crippen LogP contribution in [-0.4, -0.2) is 14.2 Å². The van der Waals surface area contributed by atoms with Crippen molar-refractivity contribution in [3.8, 4) is 0 Å². The van der Waals surface area contributed by atoms with Crippen molar-refractivity contribution in [1.82, 2.24) is 0 Å². The second-order valence-corrected chi connectivity index (χ2v) is 7.43. The Morgan fingerprint density at radius 1 is 1.05 bits per heavy atom. The number of anilines is 1. The van der Waals surface area contributed by atoms with Crippen molar-refractivity contribution in [1.29, 1.82) is 0 Å². The molecule has 0 heterocycles. The Labute approximate surface area is 126 Å². The maximum Gasteiger partial charge on any atom is 0.178 e. The van der Waals surface area contributed by atoms with E-state index in [0.717, 1.165) is 5.69 Å². The maximum atomic E-state index is 11.8. The first-order valence-corrected chi connectivity index (χ1v) is 8.74. The van der Waals surface area contributed by atoms with Gasteiger partial charge in [-0.2, -0.15) is 0 Å². The van der Waals surface area contributed by atoms with Crippen LogP contribution in [0.25, 0.3) is 0 Å². The molecule has 4 heteroatoms. The molecule has 21 heavy (non-hydrogen) atoms. The summed E-state index contributed by atoms with van der Waals surface area (Å²) < 4.78 is 23.6. The highest BCUT2D eigenvalue weighted by Gasteiger charge is 2.12. The summed E-state index contributed by atoms with van der Waals surface area (Å²) in [6, 6.07) is 15.4. The molecule has 0 spiro atoms. The van der Waals surface area contributed by atoms with Crippen LogP contribution in [0.3, 0.4) is 0 Å². The van der Waals surface area contributed by atoms with Crippen LogP contribution in [0.5, 0.6) is 0 Å². The quantitative estimate of drug-likeness (QED) is 0.909. The van der Waals surface area contributed by atoms with Crippen LogP contribution in [0.1, 0.15) is 31.0 Å². The molecule has 0 bridgehead atoms. The van der Waals surface area contributed by atoms with Gasteiger partial charge in [-0.15, -0.1) is 0 Å². The molecule has 0 aliphatic carbocycles. The molecule has 0 fully saturated rings. The summed E-state index contributed by atoms with van der Waals surface area (Å²) in [5, 5.41) is 3.40. The number of sulfone groups is 1. The Hall–Kier alpha value is -1.81. The number of aryl methyl sites for hydroxylation is 1. The van der Waals surface area contributed by atoms with Crippen molar-refractivity contribution in [2.24, 2.45) is 0 Å². The van der Waals surface area contributed by atoms with Crippen molar-refractivity contribution in [3.05, 3.63) is 59.7 Å². The number of hydrogen-bond donors (Lipinski definition) is 1. The van der Waals surface area contributed by atoms with Gasteiger partial charge in [-0.25, -0.2) is 8.42 Å². The molecule has 0 saturated heterocycles. The van der Waals surface area contributed by atoms with Gasteiger partial charge in [0.1, 0.15) is 0 Å². The van der Waals surface area contributed by atoms with Gasteiger partial charge < -0.3 is 5.32 Å². The highest BCUT2D eigenvalue weighted by Crippen LogP contribution is 2.23. The molecule has 0 amide bonds. The topological polar surface area (TPSA) is 46.2 Å². The monoisotopic (exact) mass is 303 g/mol. The van der Waals surface area contributed by atoms with E-state index < -0.39 is 9.84 Å². The van der Waals surface area contributed by atoms with Gasteiger partial charge in [0.2, 0.25) is 0 Å². The molecule has 0 aliphatic rings. The number of rotatable bonds is 5. The van der Waals surface area contributed by atoms with E-state index in [1.165, 1.54) is 11.1 Å². The van der Waals surface area contributed by atoms with Crippen LogP contribution in [0.2, 0.25) is 0 Å². The Morgan fingerprint density at radius 3 is 2.24 bits per heavy atom. The average Bonchev–Trinajstić information content (AvgIpc) is 2.48. The molecule has 0 saturated carbocycles. The van der Waals surface area contributed by atoms with Gasteiger partial charge in [-0.3, -0.25) is 0 Å². The fourth-order valence-electron chi connectivity index (χ4n) is 2.33. The van der Waals surface area contributed by atoms with E-state index in [1.807, 2.05) is 24.3 Å². The minimum Gasteiger partial charge on any atom is -0.379 e. The van der Waals surface area contributed by atoms with Gasteiger partial charge in [-0.05, 0) is 49.2 Å². The van der Waals surface area contributed by atoms with E-state index in [1.54, 1.807) is 19.1 Å². The number of hydrogen-bond acceptors (Lipinski definition) is 3. The van der Waals surface area contributed by atoms with Crippen LogP contribution in [0, 0.1) is 6.92 Å². The first-order valence-electron chi connectivity index (χ1n) is 7.09. The van der Waals surface area contributed by atoms with Crippen molar-refractivity contribution >= 4 is 15.5 Å². The zero-order valence-electron chi connectivity index (χ0n) is 12.6. The third-order valence-corrected chi connectivity index (χ3v) is 5.38. The molecule has 0 radical (unpaired) electrons. The second kappa shape index (κ2) is 6.31. The molecular formula is C17H21NO2S. The maximum absolute atomic E-state index is 11.8. The first-order chi connectivity index (χ1) is 9.94. The predicted molar refractivity (Wildman–Crippen MR) is 87.4 cm³/mol. The molecule has 2 aromatic rings. The molecular weight excluding hydrogens is 282 g/mol. The summed E-state index contributed by atoms with van der Waals surface area (Å²) in [7, 11) is -3.13. The number of nitrogens with one attached hydrogen (secondary N) is 1. The largest absolute Gasteiger partial charge is 0.379 e. The normalized spacial score (nSPS) is 12.9. The van der Waals surface area contributed by atoms with Crippen LogP contribution < -0.4 is 5.32 Å². The molecule has 1 atom stereocenters. The van der Waals surface area contributed by atoms with Gasteiger partial charge >= 0.3 is 0 Å². The van der Waals surface area contributed by atoms with Crippen LogP contribution in [0.15, 0.2) is 53.4 Å². The van der Waals surface area contributed by atoms with Gasteiger partial charge in [0.05, 0.1) is 10.6 Å². The third kappa shape index (κ3) is 3.64. The summed E-state index contributed by atoms with van der Waals surface area (Å²) in [6.45, 7) is 5.84. The Kier molecular flexibility index (Phi) is 4.68. The summed E-state index contributed by atoms with van der Waals surface area (Å²) in [5.74, 6) is 0.124. The number of benzene rings is 2. The van der Waals surface area contributed by atoms with Crippen LogP contribution in [0.4, 0.5) is 5.69 Å². The van der Waals surface area contributed by atoms with Gasteiger partial charge in [-0.1, -0.05) is 31.2 Å².